The molecule has 5 N–H and O–H groups in total. The van der Waals surface area contributed by atoms with Gasteiger partial charge in [0.2, 0.25) is 5.91 Å². The van der Waals surface area contributed by atoms with E-state index in [9.17, 15) is 9.90 Å². The van der Waals surface area contributed by atoms with Crippen LogP contribution in [-0.4, -0.2) is 66.0 Å². The lowest BCUT2D eigenvalue weighted by molar-refractivity contribution is -0.126. The predicted octanol–water partition coefficient (Wildman–Crippen LogP) is 1.90. The Morgan fingerprint density at radius 2 is 2.09 bits per heavy atom. The largest absolute Gasteiger partial charge is 0.392 e. The maximum Gasteiger partial charge on any atom is 0.223 e. The summed E-state index contributed by atoms with van der Waals surface area (Å²) in [5.41, 5.74) is 2.43. The molecule has 33 heavy (non-hydrogen) atoms. The Hall–Kier alpha value is -1.35. The van der Waals surface area contributed by atoms with Crippen molar-refractivity contribution in [3.05, 3.63) is 23.4 Å². The van der Waals surface area contributed by atoms with E-state index >= 15 is 0 Å². The lowest BCUT2D eigenvalue weighted by Crippen LogP contribution is -2.55. The molecule has 3 aliphatic heterocycles. The summed E-state index contributed by atoms with van der Waals surface area (Å²) in [7, 11) is 0. The number of aliphatic imine (C=N–C) groups is 1. The van der Waals surface area contributed by atoms with Gasteiger partial charge in [-0.25, -0.2) is 0 Å². The zero-order valence-corrected chi connectivity index (χ0v) is 20.9. The van der Waals surface area contributed by atoms with Crippen molar-refractivity contribution in [2.75, 3.05) is 13.1 Å². The molecule has 0 aromatic heterocycles. The van der Waals surface area contributed by atoms with Crippen molar-refractivity contribution in [3.63, 3.8) is 0 Å². The monoisotopic (exact) mass is 475 g/mol. The molecular weight excluding hydrogens is 434 g/mol. The highest BCUT2D eigenvalue weighted by molar-refractivity contribution is 7.81. The first-order valence-electron chi connectivity index (χ1n) is 12.7. The number of aliphatic hydroxyl groups excluding tert-OH is 1. The van der Waals surface area contributed by atoms with Crippen molar-refractivity contribution in [1.82, 2.24) is 21.3 Å². The van der Waals surface area contributed by atoms with Gasteiger partial charge in [0.1, 0.15) is 0 Å². The van der Waals surface area contributed by atoms with Crippen LogP contribution in [0.25, 0.3) is 0 Å². The first kappa shape index (κ1) is 24.8. The van der Waals surface area contributed by atoms with Gasteiger partial charge in [0.25, 0.3) is 0 Å². The number of hydrogen-bond donors (Lipinski definition) is 6. The van der Waals surface area contributed by atoms with E-state index in [1.807, 2.05) is 6.21 Å². The maximum absolute atomic E-state index is 12.7. The number of nitrogens with zero attached hydrogens (tertiary/aromatic N) is 1. The molecule has 8 heteroatoms. The number of fused-ring (bicyclic) bond motifs is 1. The molecule has 1 aliphatic carbocycles. The van der Waals surface area contributed by atoms with E-state index in [0.29, 0.717) is 24.3 Å². The molecule has 1 saturated carbocycles. The number of carbonyl (C=O) groups excluding carboxylic acids is 1. The third-order valence-corrected chi connectivity index (χ3v) is 8.32. The van der Waals surface area contributed by atoms with Crippen LogP contribution < -0.4 is 21.3 Å². The molecule has 4 rings (SSSR count). The second-order valence-corrected chi connectivity index (χ2v) is 11.1. The van der Waals surface area contributed by atoms with Crippen molar-refractivity contribution in [3.8, 4) is 0 Å². The number of carbonyl (C=O) groups is 1. The Kier molecular flexibility index (Phi) is 8.54. The van der Waals surface area contributed by atoms with Gasteiger partial charge in [0.15, 0.2) is 0 Å². The topological polar surface area (TPSA) is 97.8 Å². The fourth-order valence-corrected chi connectivity index (χ4v) is 5.80. The molecule has 0 spiro atoms. The van der Waals surface area contributed by atoms with E-state index < -0.39 is 0 Å². The zero-order chi connectivity index (χ0) is 23.4. The Morgan fingerprint density at radius 1 is 1.24 bits per heavy atom. The van der Waals surface area contributed by atoms with Gasteiger partial charge in [-0.15, -0.1) is 0 Å². The molecular formula is C25H41N5O2S. The number of rotatable bonds is 7. The molecule has 4 aliphatic rings. The van der Waals surface area contributed by atoms with Crippen LogP contribution in [0.3, 0.4) is 0 Å². The molecule has 3 heterocycles. The molecule has 0 bridgehead atoms. The smallest absolute Gasteiger partial charge is 0.223 e. The molecule has 8 unspecified atom stereocenters. The average Bonchev–Trinajstić information content (AvgIpc) is 2.82. The molecule has 0 radical (unpaired) electrons. The predicted molar refractivity (Wildman–Crippen MR) is 137 cm³/mol. The SMILES string of the molecule is CC(O)CNC1CCCC(C2=CC=C3C=NC(CNC(=O)C4CCC(C)C(S)C4)CC3N2)N1. The minimum absolute atomic E-state index is 0.0850. The minimum Gasteiger partial charge on any atom is -0.392 e. The summed E-state index contributed by atoms with van der Waals surface area (Å²) in [4.78, 5) is 17.4. The highest BCUT2D eigenvalue weighted by atomic mass is 32.1. The summed E-state index contributed by atoms with van der Waals surface area (Å²) < 4.78 is 0. The molecule has 7 nitrogen and oxygen atoms in total. The van der Waals surface area contributed by atoms with Crippen LogP contribution in [-0.2, 0) is 4.79 Å². The molecule has 2 fully saturated rings. The summed E-state index contributed by atoms with van der Waals surface area (Å²) in [5, 5.41) is 23.9. The molecule has 0 aromatic carbocycles. The van der Waals surface area contributed by atoms with Gasteiger partial charge in [-0.2, -0.15) is 12.6 Å². The van der Waals surface area contributed by atoms with Crippen LogP contribution in [0.5, 0.6) is 0 Å². The van der Waals surface area contributed by atoms with Crippen LogP contribution in [0.1, 0.15) is 58.8 Å². The molecule has 184 valence electrons. The van der Waals surface area contributed by atoms with E-state index in [4.69, 9.17) is 4.99 Å². The number of allylic oxidation sites excluding steroid dienone is 2. The number of thiol groups is 1. The van der Waals surface area contributed by atoms with Crippen molar-refractivity contribution in [2.24, 2.45) is 16.8 Å². The number of piperidine rings is 1. The molecule has 0 aromatic rings. The number of hydrogen-bond acceptors (Lipinski definition) is 7. The van der Waals surface area contributed by atoms with Crippen molar-refractivity contribution in [1.29, 1.82) is 0 Å². The summed E-state index contributed by atoms with van der Waals surface area (Å²) in [6.07, 6.45) is 13.3. The summed E-state index contributed by atoms with van der Waals surface area (Å²) in [6.45, 7) is 5.22. The maximum atomic E-state index is 12.7. The summed E-state index contributed by atoms with van der Waals surface area (Å²) in [5.74, 6) is 0.840. The van der Waals surface area contributed by atoms with Gasteiger partial charge in [-0.1, -0.05) is 13.0 Å². The zero-order valence-electron chi connectivity index (χ0n) is 20.0. The third-order valence-electron chi connectivity index (χ3n) is 7.60. The highest BCUT2D eigenvalue weighted by Crippen LogP contribution is 2.32. The molecule has 1 amide bonds. The van der Waals surface area contributed by atoms with E-state index in [2.05, 4.69) is 53.0 Å². The number of amides is 1. The van der Waals surface area contributed by atoms with Gasteiger partial charge < -0.3 is 15.7 Å². The van der Waals surface area contributed by atoms with Crippen molar-refractivity contribution >= 4 is 24.8 Å². The van der Waals surface area contributed by atoms with E-state index in [0.717, 1.165) is 44.9 Å². The Morgan fingerprint density at radius 3 is 2.88 bits per heavy atom. The lowest BCUT2D eigenvalue weighted by Gasteiger charge is -2.38. The molecule has 8 atom stereocenters. The van der Waals surface area contributed by atoms with E-state index in [1.54, 1.807) is 6.92 Å². The van der Waals surface area contributed by atoms with Gasteiger partial charge in [-0.3, -0.25) is 20.4 Å². The number of dihydropyridines is 1. The third kappa shape index (κ3) is 6.62. The summed E-state index contributed by atoms with van der Waals surface area (Å²) in [6, 6.07) is 0.606. The fraction of sp³-hybridized carbons (Fsp3) is 0.760. The molecule has 1 saturated heterocycles. The van der Waals surface area contributed by atoms with Crippen molar-refractivity contribution in [2.45, 2.75) is 94.4 Å². The number of aliphatic hydroxyl groups is 1. The van der Waals surface area contributed by atoms with Crippen LogP contribution in [0.15, 0.2) is 28.4 Å². The Bertz CT molecular complexity index is 783. The van der Waals surface area contributed by atoms with Crippen LogP contribution in [0, 0.1) is 11.8 Å². The Balaban J connectivity index is 1.26. The normalized spacial score (nSPS) is 37.3. The van der Waals surface area contributed by atoms with Gasteiger partial charge in [0.05, 0.1) is 24.4 Å². The van der Waals surface area contributed by atoms with E-state index in [-0.39, 0.29) is 42.2 Å². The van der Waals surface area contributed by atoms with E-state index in [1.165, 1.54) is 11.3 Å². The fourth-order valence-electron chi connectivity index (χ4n) is 5.39. The lowest BCUT2D eigenvalue weighted by atomic mass is 9.82. The Labute approximate surface area is 203 Å². The van der Waals surface area contributed by atoms with Gasteiger partial charge >= 0.3 is 0 Å². The van der Waals surface area contributed by atoms with Crippen LogP contribution in [0.2, 0.25) is 0 Å². The standard InChI is InChI=1S/C25H41N5O2S/c1-15-6-7-17(10-23(15)33)25(32)28-14-19-11-22-18(13-26-19)8-9-21(29-22)20-4-3-5-24(30-20)27-12-16(2)31/h8-9,13,15-17,19-20,22-24,27,29-31,33H,3-7,10-12,14H2,1-2H3,(H,28,32). The van der Waals surface area contributed by atoms with Crippen molar-refractivity contribution < 1.29 is 9.90 Å². The second-order valence-electron chi connectivity index (χ2n) is 10.4. The quantitative estimate of drug-likeness (QED) is 0.316. The summed E-state index contributed by atoms with van der Waals surface area (Å²) >= 11 is 4.67. The van der Waals surface area contributed by atoms with Gasteiger partial charge in [-0.05, 0) is 69.4 Å². The second kappa shape index (κ2) is 11.4. The first-order valence-corrected chi connectivity index (χ1v) is 13.3. The minimum atomic E-state index is -0.343. The average molecular weight is 476 g/mol. The van der Waals surface area contributed by atoms with Crippen LogP contribution >= 0.6 is 12.6 Å². The van der Waals surface area contributed by atoms with Crippen LogP contribution in [0.4, 0.5) is 0 Å². The van der Waals surface area contributed by atoms with Gasteiger partial charge in [0, 0.05) is 42.2 Å². The highest BCUT2D eigenvalue weighted by Gasteiger charge is 2.32. The first-order chi connectivity index (χ1) is 15.9. The number of nitrogens with one attached hydrogen (secondary N) is 4.